The van der Waals surface area contributed by atoms with Gasteiger partial charge in [0, 0.05) is 25.7 Å². The van der Waals surface area contributed by atoms with Crippen LogP contribution in [0.5, 0.6) is 0 Å². The van der Waals surface area contributed by atoms with Crippen LogP contribution in [0.3, 0.4) is 0 Å². The Morgan fingerprint density at radius 3 is 2.33 bits per heavy atom. The van der Waals surface area contributed by atoms with Gasteiger partial charge >= 0.3 is 0 Å². The molecule has 2 aliphatic carbocycles. The van der Waals surface area contributed by atoms with Gasteiger partial charge in [0.15, 0.2) is 0 Å². The van der Waals surface area contributed by atoms with Gasteiger partial charge in [-0.1, -0.05) is 20.3 Å². The molecule has 0 aromatic heterocycles. The fraction of sp³-hybridized carbons (Fsp3) is 1.00. The van der Waals surface area contributed by atoms with Gasteiger partial charge in [0.2, 0.25) is 0 Å². The van der Waals surface area contributed by atoms with Gasteiger partial charge in [0.25, 0.3) is 0 Å². The number of hydrogen-bond acceptors (Lipinski definition) is 2. The van der Waals surface area contributed by atoms with Crippen molar-refractivity contribution in [1.82, 2.24) is 10.2 Å². The summed E-state index contributed by atoms with van der Waals surface area (Å²) in [6.45, 7) is 9.72. The van der Waals surface area contributed by atoms with Crippen LogP contribution in [-0.4, -0.2) is 37.1 Å². The summed E-state index contributed by atoms with van der Waals surface area (Å²) in [5, 5.41) is 3.77. The monoisotopic (exact) mass is 252 g/mol. The van der Waals surface area contributed by atoms with Crippen molar-refractivity contribution < 1.29 is 0 Å². The molecule has 0 bridgehead atoms. The zero-order valence-electron chi connectivity index (χ0n) is 12.5. The van der Waals surface area contributed by atoms with Crippen molar-refractivity contribution in [1.29, 1.82) is 0 Å². The lowest BCUT2D eigenvalue weighted by Crippen LogP contribution is -2.41. The van der Waals surface area contributed by atoms with E-state index in [0.29, 0.717) is 0 Å². The molecule has 18 heavy (non-hydrogen) atoms. The predicted octanol–water partition coefficient (Wildman–Crippen LogP) is 3.28. The highest BCUT2D eigenvalue weighted by Crippen LogP contribution is 2.27. The molecule has 2 nitrogen and oxygen atoms in total. The van der Waals surface area contributed by atoms with E-state index in [4.69, 9.17) is 0 Å². The van der Waals surface area contributed by atoms with Gasteiger partial charge in [-0.15, -0.1) is 0 Å². The van der Waals surface area contributed by atoms with Crippen LogP contribution in [0, 0.1) is 11.8 Å². The van der Waals surface area contributed by atoms with Crippen LogP contribution in [0.1, 0.15) is 58.8 Å². The van der Waals surface area contributed by atoms with Crippen molar-refractivity contribution in [2.45, 2.75) is 64.8 Å². The smallest absolute Gasteiger partial charge is 0.0107 e. The van der Waals surface area contributed by atoms with Crippen LogP contribution in [0.2, 0.25) is 0 Å². The third kappa shape index (κ3) is 4.55. The second kappa shape index (κ2) is 7.49. The maximum Gasteiger partial charge on any atom is 0.0107 e. The molecule has 0 aromatic carbocycles. The first-order valence-electron chi connectivity index (χ1n) is 8.23. The SMILES string of the molecule is CCN(CCNC1CCC(C)CC1)CC1CCC1. The largest absolute Gasteiger partial charge is 0.313 e. The molecule has 0 heterocycles. The summed E-state index contributed by atoms with van der Waals surface area (Å²) in [6.07, 6.45) is 10.1. The molecule has 2 fully saturated rings. The highest BCUT2D eigenvalue weighted by Gasteiger charge is 2.20. The number of nitrogens with one attached hydrogen (secondary N) is 1. The summed E-state index contributed by atoms with van der Waals surface area (Å²) < 4.78 is 0. The van der Waals surface area contributed by atoms with E-state index in [1.807, 2.05) is 0 Å². The Balaban J connectivity index is 1.55. The average Bonchev–Trinajstić information content (AvgIpc) is 2.33. The van der Waals surface area contributed by atoms with E-state index >= 15 is 0 Å². The first-order valence-corrected chi connectivity index (χ1v) is 8.23. The highest BCUT2D eigenvalue weighted by atomic mass is 15.1. The molecule has 1 N–H and O–H groups in total. The van der Waals surface area contributed by atoms with Crippen LogP contribution in [0.25, 0.3) is 0 Å². The Bertz CT molecular complexity index is 217. The van der Waals surface area contributed by atoms with E-state index in [1.165, 1.54) is 71.1 Å². The van der Waals surface area contributed by atoms with Crippen LogP contribution < -0.4 is 5.32 Å². The maximum absolute atomic E-state index is 3.77. The van der Waals surface area contributed by atoms with Crippen LogP contribution in [0.15, 0.2) is 0 Å². The molecule has 0 unspecified atom stereocenters. The molecule has 0 atom stereocenters. The maximum atomic E-state index is 3.77. The summed E-state index contributed by atoms with van der Waals surface area (Å²) in [7, 11) is 0. The zero-order valence-corrected chi connectivity index (χ0v) is 12.5. The van der Waals surface area contributed by atoms with Crippen LogP contribution >= 0.6 is 0 Å². The van der Waals surface area contributed by atoms with E-state index in [-0.39, 0.29) is 0 Å². The lowest BCUT2D eigenvalue weighted by atomic mass is 9.85. The minimum atomic E-state index is 0.809. The van der Waals surface area contributed by atoms with Crippen LogP contribution in [-0.2, 0) is 0 Å². The van der Waals surface area contributed by atoms with E-state index in [2.05, 4.69) is 24.1 Å². The molecule has 0 aliphatic heterocycles. The predicted molar refractivity (Wildman–Crippen MR) is 78.9 cm³/mol. The minimum Gasteiger partial charge on any atom is -0.313 e. The van der Waals surface area contributed by atoms with Gasteiger partial charge in [-0.2, -0.15) is 0 Å². The van der Waals surface area contributed by atoms with Gasteiger partial charge in [0.05, 0.1) is 0 Å². The topological polar surface area (TPSA) is 15.3 Å². The second-order valence-electron chi connectivity index (χ2n) is 6.60. The van der Waals surface area contributed by atoms with Crippen molar-refractivity contribution >= 4 is 0 Å². The Morgan fingerprint density at radius 1 is 1.06 bits per heavy atom. The summed E-state index contributed by atoms with van der Waals surface area (Å²) in [6, 6.07) is 0.809. The fourth-order valence-electron chi connectivity index (χ4n) is 3.31. The molecule has 106 valence electrons. The van der Waals surface area contributed by atoms with Crippen LogP contribution in [0.4, 0.5) is 0 Å². The summed E-state index contributed by atoms with van der Waals surface area (Å²) in [5.74, 6) is 1.98. The molecule has 0 radical (unpaired) electrons. The minimum absolute atomic E-state index is 0.809. The molecule has 0 aromatic rings. The quantitative estimate of drug-likeness (QED) is 0.748. The Labute approximate surface area is 114 Å². The summed E-state index contributed by atoms with van der Waals surface area (Å²) in [4.78, 5) is 2.64. The molecular weight excluding hydrogens is 220 g/mol. The van der Waals surface area contributed by atoms with Gasteiger partial charge in [-0.25, -0.2) is 0 Å². The summed E-state index contributed by atoms with van der Waals surface area (Å²) >= 11 is 0. The molecule has 0 amide bonds. The van der Waals surface area contributed by atoms with E-state index < -0.39 is 0 Å². The number of nitrogens with zero attached hydrogens (tertiary/aromatic N) is 1. The van der Waals surface area contributed by atoms with Gasteiger partial charge in [0.1, 0.15) is 0 Å². The molecule has 2 heteroatoms. The Morgan fingerprint density at radius 2 is 1.78 bits per heavy atom. The average molecular weight is 252 g/mol. The highest BCUT2D eigenvalue weighted by molar-refractivity contribution is 4.77. The summed E-state index contributed by atoms with van der Waals surface area (Å²) in [5.41, 5.74) is 0. The molecule has 0 saturated heterocycles. The molecule has 2 saturated carbocycles. The third-order valence-corrected chi connectivity index (χ3v) is 5.07. The molecule has 2 aliphatic rings. The first-order chi connectivity index (χ1) is 8.78. The van der Waals surface area contributed by atoms with Gasteiger partial charge in [-0.05, 0) is 56.9 Å². The standard InChI is InChI=1S/C16H32N2/c1-3-18(13-15-5-4-6-15)12-11-17-16-9-7-14(2)8-10-16/h14-17H,3-13H2,1-2H3. The lowest BCUT2D eigenvalue weighted by Gasteiger charge is -2.32. The fourth-order valence-corrected chi connectivity index (χ4v) is 3.31. The van der Waals surface area contributed by atoms with Gasteiger partial charge < -0.3 is 10.2 Å². The van der Waals surface area contributed by atoms with Crippen molar-refractivity contribution in [2.24, 2.45) is 11.8 Å². The number of rotatable bonds is 7. The number of hydrogen-bond donors (Lipinski definition) is 1. The van der Waals surface area contributed by atoms with E-state index in [1.54, 1.807) is 0 Å². The first kappa shape index (κ1) is 14.3. The normalized spacial score (nSPS) is 29.5. The van der Waals surface area contributed by atoms with Crippen molar-refractivity contribution in [3.05, 3.63) is 0 Å². The lowest BCUT2D eigenvalue weighted by molar-refractivity contribution is 0.181. The molecule has 0 spiro atoms. The second-order valence-corrected chi connectivity index (χ2v) is 6.60. The zero-order chi connectivity index (χ0) is 12.8. The Hall–Kier alpha value is -0.0800. The Kier molecular flexibility index (Phi) is 5.97. The van der Waals surface area contributed by atoms with Crippen molar-refractivity contribution in [2.75, 3.05) is 26.2 Å². The third-order valence-electron chi connectivity index (χ3n) is 5.07. The molecule has 2 rings (SSSR count). The van der Waals surface area contributed by atoms with Crippen molar-refractivity contribution in [3.8, 4) is 0 Å². The molecular formula is C16H32N2. The van der Waals surface area contributed by atoms with E-state index in [9.17, 15) is 0 Å². The van der Waals surface area contributed by atoms with Crippen molar-refractivity contribution in [3.63, 3.8) is 0 Å². The number of likely N-dealkylation sites (N-methyl/N-ethyl adjacent to an activating group) is 1. The van der Waals surface area contributed by atoms with Gasteiger partial charge in [-0.3, -0.25) is 0 Å². The van der Waals surface area contributed by atoms with E-state index in [0.717, 1.165) is 17.9 Å².